The largest absolute Gasteiger partial charge is 0.493 e. The van der Waals surface area contributed by atoms with Crippen molar-refractivity contribution in [3.8, 4) is 17.2 Å². The van der Waals surface area contributed by atoms with Crippen LogP contribution in [0.5, 0.6) is 17.2 Å². The fourth-order valence-corrected chi connectivity index (χ4v) is 3.84. The Kier molecular flexibility index (Phi) is 11.4. The third kappa shape index (κ3) is 7.55. The number of halogens is 1. The molecule has 33 heavy (non-hydrogen) atoms. The maximum Gasteiger partial charge on any atom is 0.203 e. The minimum Gasteiger partial charge on any atom is -0.493 e. The summed E-state index contributed by atoms with van der Waals surface area (Å²) in [5.41, 5.74) is 2.10. The second-order valence-corrected chi connectivity index (χ2v) is 7.74. The van der Waals surface area contributed by atoms with Crippen LogP contribution in [0.4, 0.5) is 5.82 Å². The summed E-state index contributed by atoms with van der Waals surface area (Å²) < 4.78 is 16.2. The smallest absolute Gasteiger partial charge is 0.203 e. The van der Waals surface area contributed by atoms with Crippen molar-refractivity contribution in [2.45, 2.75) is 38.8 Å². The molecule has 3 rings (SSSR count). The van der Waals surface area contributed by atoms with Crippen LogP contribution in [0.25, 0.3) is 0 Å². The molecule has 0 bridgehead atoms. The van der Waals surface area contributed by atoms with Gasteiger partial charge in [0.15, 0.2) is 17.5 Å². The van der Waals surface area contributed by atoms with Crippen LogP contribution in [0, 0.1) is 0 Å². The van der Waals surface area contributed by atoms with Crippen molar-refractivity contribution >= 4 is 35.8 Å². The Labute approximate surface area is 214 Å². The van der Waals surface area contributed by atoms with E-state index in [9.17, 15) is 0 Å². The lowest BCUT2D eigenvalue weighted by molar-refractivity contribution is 0.323. The van der Waals surface area contributed by atoms with Gasteiger partial charge in [-0.05, 0) is 42.2 Å². The highest BCUT2D eigenvalue weighted by Gasteiger charge is 2.14. The topological polar surface area (TPSA) is 80.2 Å². The first-order valence-electron chi connectivity index (χ1n) is 11.1. The molecule has 0 amide bonds. The maximum absolute atomic E-state index is 5.43. The van der Waals surface area contributed by atoms with Gasteiger partial charge in [-0.25, -0.2) is 4.98 Å². The molecule has 1 aliphatic heterocycles. The minimum atomic E-state index is 0. The Morgan fingerprint density at radius 3 is 2.00 bits per heavy atom. The summed E-state index contributed by atoms with van der Waals surface area (Å²) in [5.74, 6) is 3.61. The van der Waals surface area contributed by atoms with Crippen LogP contribution in [-0.4, -0.2) is 52.4 Å². The second kappa shape index (κ2) is 14.0. The van der Waals surface area contributed by atoms with Gasteiger partial charge >= 0.3 is 0 Å². The van der Waals surface area contributed by atoms with Crippen LogP contribution < -0.4 is 29.7 Å². The van der Waals surface area contributed by atoms with Crippen LogP contribution in [0.15, 0.2) is 35.5 Å². The molecule has 1 fully saturated rings. The highest BCUT2D eigenvalue weighted by molar-refractivity contribution is 14.0. The molecular formula is C24H36IN5O3. The first kappa shape index (κ1) is 26.8. The second-order valence-electron chi connectivity index (χ2n) is 7.74. The van der Waals surface area contributed by atoms with Gasteiger partial charge in [0.2, 0.25) is 5.75 Å². The Morgan fingerprint density at radius 1 is 0.909 bits per heavy atom. The SMILES string of the molecule is CN=C(NCc1ccc(N2CCCCCC2)nc1)NCc1cc(OC)c(OC)c(OC)c1.I. The summed E-state index contributed by atoms with van der Waals surface area (Å²) in [7, 11) is 6.58. The maximum atomic E-state index is 5.43. The predicted octanol–water partition coefficient (Wildman–Crippen LogP) is 3.97. The monoisotopic (exact) mass is 569 g/mol. The molecule has 1 aliphatic rings. The molecule has 0 radical (unpaired) electrons. The summed E-state index contributed by atoms with van der Waals surface area (Å²) in [5, 5.41) is 6.67. The third-order valence-corrected chi connectivity index (χ3v) is 5.61. The molecule has 8 nitrogen and oxygen atoms in total. The molecule has 1 aromatic heterocycles. The molecule has 0 atom stereocenters. The number of methoxy groups -OCH3 is 3. The van der Waals surface area contributed by atoms with Crippen molar-refractivity contribution < 1.29 is 14.2 Å². The number of nitrogens with one attached hydrogen (secondary N) is 2. The molecule has 2 aromatic rings. The number of hydrogen-bond acceptors (Lipinski definition) is 6. The zero-order valence-corrected chi connectivity index (χ0v) is 22.3. The lowest BCUT2D eigenvalue weighted by atomic mass is 10.2. The molecule has 1 aromatic carbocycles. The number of aliphatic imine (C=N–C) groups is 1. The van der Waals surface area contributed by atoms with E-state index in [1.807, 2.05) is 18.3 Å². The van der Waals surface area contributed by atoms with Crippen molar-refractivity contribution in [3.63, 3.8) is 0 Å². The molecule has 9 heteroatoms. The number of pyridine rings is 1. The van der Waals surface area contributed by atoms with E-state index in [1.54, 1.807) is 28.4 Å². The normalized spacial score (nSPS) is 14.1. The third-order valence-electron chi connectivity index (χ3n) is 5.61. The summed E-state index contributed by atoms with van der Waals surface area (Å²) in [6, 6.07) is 8.10. The highest BCUT2D eigenvalue weighted by atomic mass is 127. The van der Waals surface area contributed by atoms with E-state index in [2.05, 4.69) is 37.6 Å². The van der Waals surface area contributed by atoms with Gasteiger partial charge in [-0.3, -0.25) is 4.99 Å². The average molecular weight is 569 g/mol. The summed E-state index contributed by atoms with van der Waals surface area (Å²) in [6.45, 7) is 3.40. The molecule has 182 valence electrons. The average Bonchev–Trinajstić information content (AvgIpc) is 3.13. The van der Waals surface area contributed by atoms with Crippen molar-refractivity contribution in [1.29, 1.82) is 0 Å². The van der Waals surface area contributed by atoms with Gasteiger partial charge in [0.05, 0.1) is 21.3 Å². The van der Waals surface area contributed by atoms with Crippen LogP contribution in [0.3, 0.4) is 0 Å². The standard InChI is InChI=1S/C24H35N5O3.HI/c1-25-24(28-17-19-13-20(30-2)23(32-4)21(14-19)31-3)27-16-18-9-10-22(26-15-18)29-11-7-5-6-8-12-29;/h9-10,13-15H,5-8,11-12,16-17H2,1-4H3,(H2,25,27,28);1H. The molecule has 0 spiro atoms. The van der Waals surface area contributed by atoms with E-state index in [0.29, 0.717) is 36.3 Å². The van der Waals surface area contributed by atoms with Crippen molar-refractivity contribution in [3.05, 3.63) is 41.6 Å². The summed E-state index contributed by atoms with van der Waals surface area (Å²) in [6.07, 6.45) is 7.08. The Balaban J connectivity index is 0.00000385. The van der Waals surface area contributed by atoms with Gasteiger partial charge < -0.3 is 29.7 Å². The van der Waals surface area contributed by atoms with E-state index < -0.39 is 0 Å². The Hall–Kier alpha value is -2.43. The lowest BCUT2D eigenvalue weighted by Gasteiger charge is -2.21. The molecule has 0 aliphatic carbocycles. The Bertz CT molecular complexity index is 859. The first-order chi connectivity index (χ1) is 15.7. The van der Waals surface area contributed by atoms with E-state index in [0.717, 1.165) is 30.0 Å². The number of rotatable bonds is 8. The van der Waals surface area contributed by atoms with Crippen LogP contribution in [0.1, 0.15) is 36.8 Å². The molecular weight excluding hydrogens is 533 g/mol. The van der Waals surface area contributed by atoms with Gasteiger partial charge in [-0.15, -0.1) is 24.0 Å². The first-order valence-corrected chi connectivity index (χ1v) is 11.1. The van der Waals surface area contributed by atoms with Crippen LogP contribution in [-0.2, 0) is 13.1 Å². The number of ether oxygens (including phenoxy) is 3. The van der Waals surface area contributed by atoms with Gasteiger partial charge in [-0.2, -0.15) is 0 Å². The van der Waals surface area contributed by atoms with Crippen LogP contribution in [0.2, 0.25) is 0 Å². The number of nitrogens with zero attached hydrogens (tertiary/aromatic N) is 3. The van der Waals surface area contributed by atoms with E-state index in [-0.39, 0.29) is 24.0 Å². The van der Waals surface area contributed by atoms with Gasteiger partial charge in [0.1, 0.15) is 5.82 Å². The summed E-state index contributed by atoms with van der Waals surface area (Å²) >= 11 is 0. The van der Waals surface area contributed by atoms with Crippen molar-refractivity contribution in [1.82, 2.24) is 15.6 Å². The molecule has 0 unspecified atom stereocenters. The fraction of sp³-hybridized carbons (Fsp3) is 0.500. The fourth-order valence-electron chi connectivity index (χ4n) is 3.84. The number of anilines is 1. The van der Waals surface area contributed by atoms with E-state index in [1.165, 1.54) is 25.7 Å². The number of benzene rings is 1. The predicted molar refractivity (Wildman–Crippen MR) is 143 cm³/mol. The summed E-state index contributed by atoms with van der Waals surface area (Å²) in [4.78, 5) is 11.4. The molecule has 0 saturated carbocycles. The zero-order valence-electron chi connectivity index (χ0n) is 20.0. The molecule has 2 N–H and O–H groups in total. The van der Waals surface area contributed by atoms with E-state index >= 15 is 0 Å². The van der Waals surface area contributed by atoms with E-state index in [4.69, 9.17) is 14.2 Å². The van der Waals surface area contributed by atoms with Gasteiger partial charge in [0, 0.05) is 39.4 Å². The molecule has 2 heterocycles. The van der Waals surface area contributed by atoms with Crippen molar-refractivity contribution in [2.75, 3.05) is 46.4 Å². The molecule has 1 saturated heterocycles. The van der Waals surface area contributed by atoms with Crippen molar-refractivity contribution in [2.24, 2.45) is 4.99 Å². The minimum absolute atomic E-state index is 0. The quantitative estimate of drug-likeness (QED) is 0.283. The lowest BCUT2D eigenvalue weighted by Crippen LogP contribution is -2.36. The highest BCUT2D eigenvalue weighted by Crippen LogP contribution is 2.38. The van der Waals surface area contributed by atoms with Gasteiger partial charge in [0.25, 0.3) is 0 Å². The number of aromatic nitrogens is 1. The number of guanidine groups is 1. The Morgan fingerprint density at radius 2 is 1.52 bits per heavy atom. The van der Waals surface area contributed by atoms with Crippen LogP contribution >= 0.6 is 24.0 Å². The zero-order chi connectivity index (χ0) is 22.8. The van der Waals surface area contributed by atoms with Gasteiger partial charge in [-0.1, -0.05) is 18.9 Å². The number of hydrogen-bond donors (Lipinski definition) is 2.